The van der Waals surface area contributed by atoms with Gasteiger partial charge >= 0.3 is 0 Å². The third-order valence-electron chi connectivity index (χ3n) is 6.17. The predicted molar refractivity (Wildman–Crippen MR) is 125 cm³/mol. The molecule has 2 aliphatic rings. The molecular weight excluding hydrogens is 419 g/mol. The van der Waals surface area contributed by atoms with Crippen molar-refractivity contribution in [3.05, 3.63) is 83.2 Å². The van der Waals surface area contributed by atoms with Gasteiger partial charge in [0.2, 0.25) is 5.91 Å². The molecule has 1 saturated heterocycles. The molecule has 6 nitrogen and oxygen atoms in total. The molecule has 7 heteroatoms. The Morgan fingerprint density at radius 3 is 2.73 bits per heavy atom. The molecule has 0 spiro atoms. The van der Waals surface area contributed by atoms with E-state index in [-0.39, 0.29) is 17.8 Å². The molecule has 0 radical (unpaired) electrons. The molecule has 0 saturated carbocycles. The molecule has 1 fully saturated rings. The number of fused-ring (bicyclic) bond motifs is 1. The average Bonchev–Trinajstić information content (AvgIpc) is 3.25. The van der Waals surface area contributed by atoms with E-state index in [1.165, 1.54) is 12.1 Å². The molecule has 1 amide bonds. The highest BCUT2D eigenvalue weighted by Gasteiger charge is 2.34. The lowest BCUT2D eigenvalue weighted by Gasteiger charge is -2.40. The van der Waals surface area contributed by atoms with Gasteiger partial charge in [0.25, 0.3) is 0 Å². The maximum atomic E-state index is 13.4. The number of piperidine rings is 1. The first-order valence-corrected chi connectivity index (χ1v) is 11.1. The Kier molecular flexibility index (Phi) is 5.54. The monoisotopic (exact) mass is 444 g/mol. The van der Waals surface area contributed by atoms with Crippen molar-refractivity contribution in [2.75, 3.05) is 13.7 Å². The molecule has 0 aliphatic carbocycles. The molecule has 33 heavy (non-hydrogen) atoms. The van der Waals surface area contributed by atoms with Crippen molar-refractivity contribution < 1.29 is 13.9 Å². The van der Waals surface area contributed by atoms with Crippen LogP contribution in [0.3, 0.4) is 0 Å². The normalized spacial score (nSPS) is 19.4. The fourth-order valence-corrected chi connectivity index (χ4v) is 4.59. The first kappa shape index (κ1) is 21.1. The minimum atomic E-state index is -0.280. The number of rotatable bonds is 4. The number of nitrogens with zero attached hydrogens (tertiary/aromatic N) is 4. The summed E-state index contributed by atoms with van der Waals surface area (Å²) < 4.78 is 21.0. The van der Waals surface area contributed by atoms with Gasteiger partial charge in [-0.05, 0) is 66.8 Å². The van der Waals surface area contributed by atoms with Gasteiger partial charge in [0.1, 0.15) is 17.4 Å². The van der Waals surface area contributed by atoms with Gasteiger partial charge < -0.3 is 14.2 Å². The average molecular weight is 445 g/mol. The summed E-state index contributed by atoms with van der Waals surface area (Å²) in [6.07, 6.45) is 7.89. The van der Waals surface area contributed by atoms with Crippen LogP contribution in [0.1, 0.15) is 42.1 Å². The highest BCUT2D eigenvalue weighted by molar-refractivity contribution is 6.09. The predicted octanol–water partition coefficient (Wildman–Crippen LogP) is 4.88. The van der Waals surface area contributed by atoms with E-state index in [2.05, 4.69) is 21.0 Å². The van der Waals surface area contributed by atoms with E-state index >= 15 is 0 Å². The number of aromatic nitrogens is 2. The summed E-state index contributed by atoms with van der Waals surface area (Å²) in [5.74, 6) is 1.03. The van der Waals surface area contributed by atoms with Crippen LogP contribution >= 0.6 is 0 Å². The number of aryl methyl sites for hydroxylation is 1. The first-order valence-electron chi connectivity index (χ1n) is 11.1. The van der Waals surface area contributed by atoms with Crippen molar-refractivity contribution in [1.29, 1.82) is 0 Å². The fraction of sp³-hybridized carbons (Fsp3) is 0.269. The molecule has 3 aromatic rings. The molecule has 3 heterocycles. The fourth-order valence-electron chi connectivity index (χ4n) is 4.59. The standard InChI is InChI=1S/C26H25FN4O2/c1-17-15-30(16-28-17)22-10-5-18(13-24(22)33-2)12-20-4-3-11-31-23(14-25(32)29-26(20)31)19-6-8-21(27)9-7-19/h5-10,12-13,15-16,23H,3-4,11,14H2,1-2H3/b20-12+. The second-order valence-corrected chi connectivity index (χ2v) is 8.42. The van der Waals surface area contributed by atoms with Crippen molar-refractivity contribution >= 4 is 17.8 Å². The van der Waals surface area contributed by atoms with Crippen molar-refractivity contribution in [1.82, 2.24) is 14.5 Å². The topological polar surface area (TPSA) is 59.7 Å². The van der Waals surface area contributed by atoms with Crippen LogP contribution in [0.15, 0.2) is 65.6 Å². The summed E-state index contributed by atoms with van der Waals surface area (Å²) >= 11 is 0. The van der Waals surface area contributed by atoms with Gasteiger partial charge in [0, 0.05) is 12.7 Å². The van der Waals surface area contributed by atoms with E-state index in [0.29, 0.717) is 6.42 Å². The number of amidine groups is 1. The Morgan fingerprint density at radius 1 is 1.18 bits per heavy atom. The number of carbonyl (C=O) groups is 1. The Balaban J connectivity index is 1.48. The molecule has 0 N–H and O–H groups in total. The number of amides is 1. The first-order chi connectivity index (χ1) is 16.0. The van der Waals surface area contributed by atoms with Gasteiger partial charge in [0.05, 0.1) is 37.3 Å². The maximum absolute atomic E-state index is 13.4. The zero-order valence-corrected chi connectivity index (χ0v) is 18.7. The third-order valence-corrected chi connectivity index (χ3v) is 6.17. The minimum absolute atomic E-state index is 0.129. The van der Waals surface area contributed by atoms with Gasteiger partial charge in [-0.3, -0.25) is 4.79 Å². The van der Waals surface area contributed by atoms with E-state index in [1.807, 2.05) is 35.9 Å². The van der Waals surface area contributed by atoms with Crippen LogP contribution in [0, 0.1) is 12.7 Å². The van der Waals surface area contributed by atoms with E-state index in [9.17, 15) is 9.18 Å². The quantitative estimate of drug-likeness (QED) is 0.576. The van der Waals surface area contributed by atoms with Crippen molar-refractivity contribution in [2.45, 2.75) is 32.2 Å². The molecule has 2 aliphatic heterocycles. The third kappa shape index (κ3) is 4.18. The Morgan fingerprint density at radius 2 is 2.00 bits per heavy atom. The van der Waals surface area contributed by atoms with Gasteiger partial charge in [-0.25, -0.2) is 9.37 Å². The maximum Gasteiger partial charge on any atom is 0.250 e. The number of halogens is 1. The zero-order chi connectivity index (χ0) is 22.9. The number of ether oxygens (including phenoxy) is 1. The van der Waals surface area contributed by atoms with Crippen LogP contribution in [0.4, 0.5) is 4.39 Å². The summed E-state index contributed by atoms with van der Waals surface area (Å²) in [6.45, 7) is 2.76. The Bertz CT molecular complexity index is 1260. The number of carbonyl (C=O) groups excluding carboxylic acids is 1. The summed E-state index contributed by atoms with van der Waals surface area (Å²) in [6, 6.07) is 12.3. The number of benzene rings is 2. The second-order valence-electron chi connectivity index (χ2n) is 8.42. The van der Waals surface area contributed by atoms with E-state index in [0.717, 1.165) is 59.1 Å². The molecule has 1 atom stereocenters. The van der Waals surface area contributed by atoms with Gasteiger partial charge in [-0.15, -0.1) is 0 Å². The lowest BCUT2D eigenvalue weighted by atomic mass is 9.92. The number of imidazole rings is 1. The van der Waals surface area contributed by atoms with Crippen LogP contribution < -0.4 is 4.74 Å². The van der Waals surface area contributed by atoms with Crippen LogP contribution in [0.25, 0.3) is 11.8 Å². The number of hydrogen-bond donors (Lipinski definition) is 0. The summed E-state index contributed by atoms with van der Waals surface area (Å²) in [4.78, 5) is 23.4. The molecular formula is C26H25FN4O2. The summed E-state index contributed by atoms with van der Waals surface area (Å²) in [5.41, 5.74) is 4.77. The summed E-state index contributed by atoms with van der Waals surface area (Å²) in [7, 11) is 1.65. The smallest absolute Gasteiger partial charge is 0.250 e. The lowest BCUT2D eigenvalue weighted by molar-refractivity contribution is -0.119. The van der Waals surface area contributed by atoms with E-state index in [1.54, 1.807) is 25.6 Å². The molecule has 1 aromatic heterocycles. The molecule has 0 bridgehead atoms. The SMILES string of the molecule is COc1cc(/C=C2\CCCN3C2=NC(=O)CC3c2ccc(F)cc2)ccc1-n1cnc(C)c1. The van der Waals surface area contributed by atoms with Gasteiger partial charge in [0.15, 0.2) is 0 Å². The van der Waals surface area contributed by atoms with Gasteiger partial charge in [-0.1, -0.05) is 18.2 Å². The molecule has 168 valence electrons. The lowest BCUT2D eigenvalue weighted by Crippen LogP contribution is -2.44. The Hall–Kier alpha value is -3.74. The minimum Gasteiger partial charge on any atom is -0.495 e. The van der Waals surface area contributed by atoms with Crippen molar-refractivity contribution in [3.8, 4) is 11.4 Å². The number of hydrogen-bond acceptors (Lipinski definition) is 4. The molecule has 5 rings (SSSR count). The van der Waals surface area contributed by atoms with Crippen LogP contribution in [0.5, 0.6) is 5.75 Å². The molecule has 2 aromatic carbocycles. The van der Waals surface area contributed by atoms with E-state index < -0.39 is 0 Å². The van der Waals surface area contributed by atoms with Gasteiger partial charge in [-0.2, -0.15) is 4.99 Å². The number of aliphatic imine (C=N–C) groups is 1. The highest BCUT2D eigenvalue weighted by Crippen LogP contribution is 2.35. The zero-order valence-electron chi connectivity index (χ0n) is 18.7. The Labute approximate surface area is 192 Å². The van der Waals surface area contributed by atoms with Crippen LogP contribution in [0.2, 0.25) is 0 Å². The second kappa shape index (κ2) is 8.65. The van der Waals surface area contributed by atoms with Crippen molar-refractivity contribution in [3.63, 3.8) is 0 Å². The number of methoxy groups -OCH3 is 1. The van der Waals surface area contributed by atoms with Crippen molar-refractivity contribution in [2.24, 2.45) is 4.99 Å². The largest absolute Gasteiger partial charge is 0.495 e. The van der Waals surface area contributed by atoms with Crippen LogP contribution in [-0.2, 0) is 4.79 Å². The summed E-state index contributed by atoms with van der Waals surface area (Å²) in [5, 5.41) is 0. The van der Waals surface area contributed by atoms with Crippen LogP contribution in [-0.4, -0.2) is 39.8 Å². The highest BCUT2D eigenvalue weighted by atomic mass is 19.1. The molecule has 1 unspecified atom stereocenters. The van der Waals surface area contributed by atoms with E-state index in [4.69, 9.17) is 4.74 Å².